The first-order valence-electron chi connectivity index (χ1n) is 8.80. The quantitative estimate of drug-likeness (QED) is 0.408. The predicted octanol–water partition coefficient (Wildman–Crippen LogP) is 3.41. The molecule has 9 nitrogen and oxygen atoms in total. The maximum Gasteiger partial charge on any atom is 0.338 e. The van der Waals surface area contributed by atoms with Crippen LogP contribution in [0.2, 0.25) is 0 Å². The molecule has 154 valence electrons. The number of benzene rings is 2. The Labute approximate surface area is 167 Å². The molecule has 0 aliphatic heterocycles. The molecule has 0 radical (unpaired) electrons. The second kappa shape index (κ2) is 9.54. The molecule has 0 saturated carbocycles. The zero-order valence-electron chi connectivity index (χ0n) is 16.6. The third-order valence-corrected chi connectivity index (χ3v) is 4.12. The summed E-state index contributed by atoms with van der Waals surface area (Å²) in [5.41, 5.74) is 1.50. The summed E-state index contributed by atoms with van der Waals surface area (Å²) in [5, 5.41) is 13.6. The zero-order chi connectivity index (χ0) is 21.6. The summed E-state index contributed by atoms with van der Waals surface area (Å²) in [6.07, 6.45) is 0. The molecule has 2 aromatic carbocycles. The number of nitro groups is 1. The monoisotopic (exact) mass is 402 g/mol. The molecule has 1 amide bonds. The third kappa shape index (κ3) is 5.44. The number of carbonyl (C=O) groups excluding carboxylic acids is 2. The zero-order valence-corrected chi connectivity index (χ0v) is 16.6. The van der Waals surface area contributed by atoms with Crippen LogP contribution in [-0.2, 0) is 9.53 Å². The largest absolute Gasteiger partial charge is 0.493 e. The molecule has 0 fully saturated rings. The Morgan fingerprint density at radius 1 is 1.10 bits per heavy atom. The van der Waals surface area contributed by atoms with Crippen molar-refractivity contribution >= 4 is 23.3 Å². The summed E-state index contributed by atoms with van der Waals surface area (Å²) in [5.74, 6) is -0.593. The first-order chi connectivity index (χ1) is 13.8. The molecule has 0 aromatic heterocycles. The van der Waals surface area contributed by atoms with Crippen molar-refractivity contribution in [3.8, 4) is 11.5 Å². The lowest BCUT2D eigenvalue weighted by atomic mass is 10.1. The number of methoxy groups -OCH3 is 1. The number of hydrogen-bond donors (Lipinski definition) is 1. The van der Waals surface area contributed by atoms with Crippen LogP contribution in [0.1, 0.15) is 28.4 Å². The fourth-order valence-corrected chi connectivity index (χ4v) is 2.52. The highest BCUT2D eigenvalue weighted by Gasteiger charge is 2.19. The highest BCUT2D eigenvalue weighted by Crippen LogP contribution is 2.29. The van der Waals surface area contributed by atoms with Crippen LogP contribution >= 0.6 is 0 Å². The molecule has 2 rings (SSSR count). The highest BCUT2D eigenvalue weighted by molar-refractivity contribution is 5.97. The Morgan fingerprint density at radius 2 is 1.79 bits per heavy atom. The Hall–Kier alpha value is -3.62. The van der Waals surface area contributed by atoms with E-state index in [9.17, 15) is 19.7 Å². The molecule has 0 unspecified atom stereocenters. The van der Waals surface area contributed by atoms with Crippen molar-refractivity contribution in [1.82, 2.24) is 0 Å². The second-order valence-corrected chi connectivity index (χ2v) is 6.13. The lowest BCUT2D eigenvalue weighted by Crippen LogP contribution is -2.21. The van der Waals surface area contributed by atoms with Gasteiger partial charge in [-0.15, -0.1) is 0 Å². The van der Waals surface area contributed by atoms with Crippen molar-refractivity contribution in [1.29, 1.82) is 0 Å². The van der Waals surface area contributed by atoms with E-state index < -0.39 is 23.4 Å². The van der Waals surface area contributed by atoms with Gasteiger partial charge >= 0.3 is 5.97 Å². The molecule has 0 saturated heterocycles. The van der Waals surface area contributed by atoms with E-state index in [2.05, 4.69) is 5.32 Å². The number of anilines is 1. The Morgan fingerprint density at radius 3 is 2.41 bits per heavy atom. The maximum absolute atomic E-state index is 12.2. The lowest BCUT2D eigenvalue weighted by molar-refractivity contribution is -0.384. The number of rotatable bonds is 8. The standard InChI is InChI=1S/C20H22N2O7/c1-5-28-18-10-14(6-7-17(18)27-4)20(24)29-11-19(23)21-15-8-12(2)13(3)9-16(15)22(25)26/h6-10H,5,11H2,1-4H3,(H,21,23). The van der Waals surface area contributed by atoms with Gasteiger partial charge in [0.2, 0.25) is 0 Å². The minimum Gasteiger partial charge on any atom is -0.493 e. The topological polar surface area (TPSA) is 117 Å². The van der Waals surface area contributed by atoms with E-state index in [1.165, 1.54) is 31.4 Å². The smallest absolute Gasteiger partial charge is 0.338 e. The van der Waals surface area contributed by atoms with E-state index in [0.717, 1.165) is 11.1 Å². The van der Waals surface area contributed by atoms with E-state index in [1.807, 2.05) is 0 Å². The van der Waals surface area contributed by atoms with Gasteiger partial charge in [-0.2, -0.15) is 0 Å². The van der Waals surface area contributed by atoms with Gasteiger partial charge in [0.1, 0.15) is 5.69 Å². The van der Waals surface area contributed by atoms with Gasteiger partial charge in [0.25, 0.3) is 11.6 Å². The number of nitrogens with zero attached hydrogens (tertiary/aromatic N) is 1. The summed E-state index contributed by atoms with van der Waals surface area (Å²) >= 11 is 0. The predicted molar refractivity (Wildman–Crippen MR) is 106 cm³/mol. The number of aryl methyl sites for hydroxylation is 2. The van der Waals surface area contributed by atoms with Crippen LogP contribution in [0.15, 0.2) is 30.3 Å². The van der Waals surface area contributed by atoms with Crippen LogP contribution in [-0.4, -0.2) is 37.1 Å². The molecule has 29 heavy (non-hydrogen) atoms. The van der Waals surface area contributed by atoms with E-state index in [4.69, 9.17) is 14.2 Å². The van der Waals surface area contributed by atoms with Crippen LogP contribution in [0.25, 0.3) is 0 Å². The highest BCUT2D eigenvalue weighted by atomic mass is 16.6. The van der Waals surface area contributed by atoms with E-state index >= 15 is 0 Å². The fraction of sp³-hybridized carbons (Fsp3) is 0.300. The lowest BCUT2D eigenvalue weighted by Gasteiger charge is -2.11. The minimum atomic E-state index is -0.738. The van der Waals surface area contributed by atoms with Crippen LogP contribution in [0.5, 0.6) is 11.5 Å². The van der Waals surface area contributed by atoms with Crippen molar-refractivity contribution in [2.45, 2.75) is 20.8 Å². The van der Waals surface area contributed by atoms with Crippen molar-refractivity contribution in [3.05, 3.63) is 57.1 Å². The van der Waals surface area contributed by atoms with Crippen LogP contribution in [0, 0.1) is 24.0 Å². The number of nitro benzene ring substituents is 1. The maximum atomic E-state index is 12.2. The van der Waals surface area contributed by atoms with Crippen molar-refractivity contribution in [2.75, 3.05) is 25.6 Å². The molecule has 9 heteroatoms. The van der Waals surface area contributed by atoms with Gasteiger partial charge in [0, 0.05) is 6.07 Å². The number of amides is 1. The first kappa shape index (κ1) is 21.7. The Kier molecular flexibility index (Phi) is 7.13. The first-order valence-corrected chi connectivity index (χ1v) is 8.80. The molecule has 0 bridgehead atoms. The van der Waals surface area contributed by atoms with Crippen molar-refractivity contribution in [3.63, 3.8) is 0 Å². The Balaban J connectivity index is 2.06. The molecule has 0 spiro atoms. The van der Waals surface area contributed by atoms with Crippen LogP contribution in [0.4, 0.5) is 11.4 Å². The third-order valence-electron chi connectivity index (χ3n) is 4.12. The number of hydrogen-bond acceptors (Lipinski definition) is 7. The number of carbonyl (C=O) groups is 2. The molecular formula is C20H22N2O7. The normalized spacial score (nSPS) is 10.2. The van der Waals surface area contributed by atoms with Gasteiger partial charge in [-0.25, -0.2) is 4.79 Å². The summed E-state index contributed by atoms with van der Waals surface area (Å²) in [7, 11) is 1.48. The average molecular weight is 402 g/mol. The SMILES string of the molecule is CCOc1cc(C(=O)OCC(=O)Nc2cc(C)c(C)cc2[N+](=O)[O-])ccc1OC. The number of nitrogens with one attached hydrogen (secondary N) is 1. The summed E-state index contributed by atoms with van der Waals surface area (Å²) in [4.78, 5) is 35.0. The van der Waals surface area contributed by atoms with E-state index in [0.29, 0.717) is 18.1 Å². The molecule has 1 N–H and O–H groups in total. The minimum absolute atomic E-state index is 0.0437. The average Bonchev–Trinajstić information content (AvgIpc) is 2.68. The van der Waals surface area contributed by atoms with Gasteiger partial charge in [0.15, 0.2) is 18.1 Å². The summed E-state index contributed by atoms with van der Waals surface area (Å²) in [6, 6.07) is 7.38. The van der Waals surface area contributed by atoms with E-state index in [1.54, 1.807) is 26.8 Å². The molecule has 0 atom stereocenters. The Bertz CT molecular complexity index is 941. The van der Waals surface area contributed by atoms with Crippen LogP contribution < -0.4 is 14.8 Å². The van der Waals surface area contributed by atoms with Gasteiger partial charge in [-0.1, -0.05) is 0 Å². The fourth-order valence-electron chi connectivity index (χ4n) is 2.52. The van der Waals surface area contributed by atoms with Gasteiger partial charge < -0.3 is 19.5 Å². The number of esters is 1. The van der Waals surface area contributed by atoms with Crippen LogP contribution in [0.3, 0.4) is 0 Å². The molecule has 0 aliphatic carbocycles. The number of ether oxygens (including phenoxy) is 3. The van der Waals surface area contributed by atoms with Gasteiger partial charge in [-0.05, 0) is 56.2 Å². The summed E-state index contributed by atoms with van der Waals surface area (Å²) in [6.45, 7) is 5.08. The molecule has 0 aliphatic rings. The van der Waals surface area contributed by atoms with E-state index in [-0.39, 0.29) is 16.9 Å². The molecular weight excluding hydrogens is 380 g/mol. The van der Waals surface area contributed by atoms with Crippen molar-refractivity contribution in [2.24, 2.45) is 0 Å². The molecule has 2 aromatic rings. The second-order valence-electron chi connectivity index (χ2n) is 6.13. The van der Waals surface area contributed by atoms with Gasteiger partial charge in [-0.3, -0.25) is 14.9 Å². The summed E-state index contributed by atoms with van der Waals surface area (Å²) < 4.78 is 15.6. The van der Waals surface area contributed by atoms with Gasteiger partial charge in [0.05, 0.1) is 24.2 Å². The molecule has 0 heterocycles. The van der Waals surface area contributed by atoms with Crippen molar-refractivity contribution < 1.29 is 28.7 Å².